The quantitative estimate of drug-likeness (QED) is 0.283. The average Bonchev–Trinajstić information content (AvgIpc) is 3.06. The molecule has 4 nitrogen and oxygen atoms in total. The van der Waals surface area contributed by atoms with E-state index in [0.717, 1.165) is 22.5 Å². The Hall–Kier alpha value is -3.44. The molecule has 0 spiro atoms. The molecule has 3 aromatic carbocycles. The molecule has 0 N–H and O–H groups in total. The zero-order chi connectivity index (χ0) is 20.9. The Balaban J connectivity index is 1.66. The van der Waals surface area contributed by atoms with E-state index in [2.05, 4.69) is 17.2 Å². The number of aromatic nitrogens is 2. The molecule has 1 aromatic heterocycles. The molecule has 0 aliphatic rings. The van der Waals surface area contributed by atoms with Crippen molar-refractivity contribution in [3.05, 3.63) is 113 Å². The van der Waals surface area contributed by atoms with E-state index < -0.39 is 0 Å². The minimum absolute atomic E-state index is 0.306. The van der Waals surface area contributed by atoms with Crippen LogP contribution >= 0.6 is 11.6 Å². The molecule has 0 saturated heterocycles. The molecule has 0 fully saturated rings. The average molecular weight is 419 g/mol. The van der Waals surface area contributed by atoms with Gasteiger partial charge >= 0.3 is 0 Å². The van der Waals surface area contributed by atoms with Gasteiger partial charge in [-0.3, -0.25) is 5.01 Å². The summed E-state index contributed by atoms with van der Waals surface area (Å²) in [6.45, 7) is 2.49. The van der Waals surface area contributed by atoms with E-state index in [9.17, 15) is 4.39 Å². The van der Waals surface area contributed by atoms with E-state index in [0.29, 0.717) is 17.4 Å². The Morgan fingerprint density at radius 1 is 0.967 bits per heavy atom. The summed E-state index contributed by atoms with van der Waals surface area (Å²) in [5.41, 5.74) is 4.25. The van der Waals surface area contributed by atoms with Crippen molar-refractivity contribution in [2.75, 3.05) is 5.01 Å². The third-order valence-corrected chi connectivity index (χ3v) is 5.04. The van der Waals surface area contributed by atoms with E-state index in [-0.39, 0.29) is 5.82 Å². The van der Waals surface area contributed by atoms with E-state index in [1.54, 1.807) is 23.0 Å². The van der Waals surface area contributed by atoms with Crippen LogP contribution in [-0.2, 0) is 6.54 Å². The first-order chi connectivity index (χ1) is 14.6. The van der Waals surface area contributed by atoms with Crippen LogP contribution in [0.3, 0.4) is 0 Å². The number of hydrogen-bond donors (Lipinski definition) is 0. The van der Waals surface area contributed by atoms with Gasteiger partial charge in [0.25, 0.3) is 0 Å². The molecule has 0 aliphatic carbocycles. The first-order valence-corrected chi connectivity index (χ1v) is 9.91. The van der Waals surface area contributed by atoms with Crippen LogP contribution in [0.25, 0.3) is 5.69 Å². The lowest BCUT2D eigenvalue weighted by atomic mass is 10.2. The van der Waals surface area contributed by atoms with Crippen LogP contribution in [0.4, 0.5) is 10.1 Å². The molecule has 0 radical (unpaired) electrons. The van der Waals surface area contributed by atoms with Gasteiger partial charge in [0.15, 0.2) is 0 Å². The molecular formula is C24H20ClFN4. The summed E-state index contributed by atoms with van der Waals surface area (Å²) in [5, 5.41) is 11.6. The van der Waals surface area contributed by atoms with Gasteiger partial charge in [0.1, 0.15) is 11.0 Å². The van der Waals surface area contributed by atoms with Gasteiger partial charge in [-0.25, -0.2) is 9.07 Å². The van der Waals surface area contributed by atoms with E-state index in [1.165, 1.54) is 12.1 Å². The molecule has 4 aromatic rings. The van der Waals surface area contributed by atoms with E-state index >= 15 is 0 Å². The van der Waals surface area contributed by atoms with E-state index in [1.807, 2.05) is 60.5 Å². The van der Waals surface area contributed by atoms with Crippen LogP contribution in [0, 0.1) is 12.7 Å². The van der Waals surface area contributed by atoms with Crippen molar-refractivity contribution in [2.24, 2.45) is 5.10 Å². The van der Waals surface area contributed by atoms with Gasteiger partial charge in [-0.1, -0.05) is 60.1 Å². The summed E-state index contributed by atoms with van der Waals surface area (Å²) < 4.78 is 14.8. The Bertz CT molecular complexity index is 1140. The molecule has 0 bridgehead atoms. The summed E-state index contributed by atoms with van der Waals surface area (Å²) in [6, 6.07) is 26.1. The molecule has 0 aliphatic heterocycles. The Labute approximate surface area is 179 Å². The molecule has 4 rings (SSSR count). The first kappa shape index (κ1) is 19.9. The molecule has 30 heavy (non-hydrogen) atoms. The minimum atomic E-state index is -0.306. The maximum absolute atomic E-state index is 13.2. The third-order valence-electron chi connectivity index (χ3n) is 4.67. The highest BCUT2D eigenvalue weighted by molar-refractivity contribution is 6.32. The van der Waals surface area contributed by atoms with Gasteiger partial charge < -0.3 is 0 Å². The summed E-state index contributed by atoms with van der Waals surface area (Å²) >= 11 is 6.59. The molecule has 6 heteroatoms. The number of para-hydroxylation sites is 1. The molecule has 0 amide bonds. The number of aryl methyl sites for hydroxylation is 1. The topological polar surface area (TPSA) is 33.4 Å². The van der Waals surface area contributed by atoms with Gasteiger partial charge in [0, 0.05) is 0 Å². The second kappa shape index (κ2) is 8.93. The maximum atomic E-state index is 13.2. The van der Waals surface area contributed by atoms with Crippen molar-refractivity contribution < 1.29 is 4.39 Å². The maximum Gasteiger partial charge on any atom is 0.142 e. The van der Waals surface area contributed by atoms with Crippen LogP contribution in [0.1, 0.15) is 16.8 Å². The van der Waals surface area contributed by atoms with Crippen molar-refractivity contribution in [3.8, 4) is 5.69 Å². The SMILES string of the molecule is Cc1nn(-c2ccc(F)cc2)c(Cl)c1C=NN(Cc1ccccc1)c1ccccc1. The number of anilines is 1. The summed E-state index contributed by atoms with van der Waals surface area (Å²) in [4.78, 5) is 0. The van der Waals surface area contributed by atoms with Crippen molar-refractivity contribution in [1.82, 2.24) is 9.78 Å². The smallest absolute Gasteiger partial charge is 0.142 e. The Kier molecular flexibility index (Phi) is 5.91. The molecule has 0 atom stereocenters. The predicted molar refractivity (Wildman–Crippen MR) is 120 cm³/mol. The molecule has 0 unspecified atom stereocenters. The third kappa shape index (κ3) is 4.42. The number of hydrazone groups is 1. The number of hydrogen-bond acceptors (Lipinski definition) is 3. The van der Waals surface area contributed by atoms with Crippen LogP contribution in [0.5, 0.6) is 0 Å². The Morgan fingerprint density at radius 3 is 2.27 bits per heavy atom. The molecule has 150 valence electrons. The van der Waals surface area contributed by atoms with Crippen molar-refractivity contribution in [3.63, 3.8) is 0 Å². The van der Waals surface area contributed by atoms with Gasteiger partial charge in [0.05, 0.1) is 35.4 Å². The number of benzene rings is 3. The number of halogens is 2. The van der Waals surface area contributed by atoms with Gasteiger partial charge in [-0.15, -0.1) is 0 Å². The van der Waals surface area contributed by atoms with Gasteiger partial charge in [0.2, 0.25) is 0 Å². The van der Waals surface area contributed by atoms with Crippen molar-refractivity contribution in [1.29, 1.82) is 0 Å². The van der Waals surface area contributed by atoms with Gasteiger partial charge in [-0.05, 0) is 48.9 Å². The molecular weight excluding hydrogens is 399 g/mol. The standard InChI is InChI=1S/C24H20ClFN4/c1-18-23(24(25)30(28-18)22-14-12-20(26)13-15-22)16-27-29(21-10-6-3-7-11-21)17-19-8-4-2-5-9-19/h2-16H,17H2,1H3. The lowest BCUT2D eigenvalue weighted by molar-refractivity contribution is 0.627. The highest BCUT2D eigenvalue weighted by Crippen LogP contribution is 2.23. The van der Waals surface area contributed by atoms with Crippen LogP contribution < -0.4 is 5.01 Å². The molecule has 1 heterocycles. The van der Waals surface area contributed by atoms with Crippen LogP contribution in [-0.4, -0.2) is 16.0 Å². The van der Waals surface area contributed by atoms with Crippen LogP contribution in [0.15, 0.2) is 90.0 Å². The normalized spacial score (nSPS) is 11.2. The second-order valence-electron chi connectivity index (χ2n) is 6.80. The fourth-order valence-electron chi connectivity index (χ4n) is 3.09. The van der Waals surface area contributed by atoms with Crippen molar-refractivity contribution in [2.45, 2.75) is 13.5 Å². The zero-order valence-electron chi connectivity index (χ0n) is 16.4. The summed E-state index contributed by atoms with van der Waals surface area (Å²) in [5.74, 6) is -0.306. The summed E-state index contributed by atoms with van der Waals surface area (Å²) in [6.07, 6.45) is 1.72. The summed E-state index contributed by atoms with van der Waals surface area (Å²) in [7, 11) is 0. The predicted octanol–water partition coefficient (Wildman–Crippen LogP) is 6.01. The number of nitrogens with zero attached hydrogens (tertiary/aromatic N) is 4. The number of rotatable bonds is 6. The van der Waals surface area contributed by atoms with E-state index in [4.69, 9.17) is 16.7 Å². The van der Waals surface area contributed by atoms with Crippen LogP contribution in [0.2, 0.25) is 5.15 Å². The fraction of sp³-hybridized carbons (Fsp3) is 0.0833. The van der Waals surface area contributed by atoms with Crippen molar-refractivity contribution >= 4 is 23.5 Å². The monoisotopic (exact) mass is 418 g/mol. The zero-order valence-corrected chi connectivity index (χ0v) is 17.2. The fourth-order valence-corrected chi connectivity index (χ4v) is 3.41. The lowest BCUT2D eigenvalue weighted by Gasteiger charge is -2.19. The largest absolute Gasteiger partial charge is 0.261 e. The highest BCUT2D eigenvalue weighted by Gasteiger charge is 2.14. The lowest BCUT2D eigenvalue weighted by Crippen LogP contribution is -2.16. The Morgan fingerprint density at radius 2 is 1.60 bits per heavy atom. The first-order valence-electron chi connectivity index (χ1n) is 9.53. The minimum Gasteiger partial charge on any atom is -0.261 e. The second-order valence-corrected chi connectivity index (χ2v) is 7.16. The van der Waals surface area contributed by atoms with Gasteiger partial charge in [-0.2, -0.15) is 10.2 Å². The highest BCUT2D eigenvalue weighted by atomic mass is 35.5. The molecule has 0 saturated carbocycles.